The topological polar surface area (TPSA) is 80.9 Å². The highest BCUT2D eigenvalue weighted by atomic mass is 32.2. The maximum absolute atomic E-state index is 12.9. The van der Waals surface area contributed by atoms with Gasteiger partial charge in [0, 0.05) is 15.8 Å². The molecular formula is C23H20N4O2S2. The fourth-order valence-electron chi connectivity index (χ4n) is 3.68. The highest BCUT2D eigenvalue weighted by Crippen LogP contribution is 2.31. The van der Waals surface area contributed by atoms with E-state index in [2.05, 4.69) is 38.6 Å². The number of thioether (sulfide) groups is 1. The summed E-state index contributed by atoms with van der Waals surface area (Å²) in [5.41, 5.74) is 5.45. The summed E-state index contributed by atoms with van der Waals surface area (Å²) in [6.07, 6.45) is 3.52. The van der Waals surface area contributed by atoms with Crippen LogP contribution in [0.2, 0.25) is 0 Å². The molecule has 1 aliphatic carbocycles. The van der Waals surface area contributed by atoms with Gasteiger partial charge < -0.3 is 4.52 Å². The Hall–Kier alpha value is -2.97. The third-order valence-electron chi connectivity index (χ3n) is 5.17. The quantitative estimate of drug-likeness (QED) is 0.390. The van der Waals surface area contributed by atoms with Crippen molar-refractivity contribution in [2.24, 2.45) is 0 Å². The van der Waals surface area contributed by atoms with E-state index in [1.54, 1.807) is 6.92 Å². The zero-order chi connectivity index (χ0) is 21.2. The van der Waals surface area contributed by atoms with Gasteiger partial charge in [0.1, 0.15) is 0 Å². The minimum Gasteiger partial charge on any atom is -0.338 e. The van der Waals surface area contributed by atoms with Crippen molar-refractivity contribution in [3.05, 3.63) is 76.3 Å². The first-order valence-electron chi connectivity index (χ1n) is 10.1. The maximum atomic E-state index is 12.9. The first-order valence-corrected chi connectivity index (χ1v) is 11.9. The first-order chi connectivity index (χ1) is 15.2. The van der Waals surface area contributed by atoms with E-state index in [4.69, 9.17) is 4.52 Å². The lowest BCUT2D eigenvalue weighted by Crippen LogP contribution is -2.12. The highest BCUT2D eigenvalue weighted by Gasteiger charge is 2.16. The third-order valence-corrected chi connectivity index (χ3v) is 6.99. The number of hydrogen-bond acceptors (Lipinski definition) is 7. The Bertz CT molecular complexity index is 1250. The van der Waals surface area contributed by atoms with Crippen molar-refractivity contribution >= 4 is 34.1 Å². The molecule has 2 heterocycles. The van der Waals surface area contributed by atoms with Crippen molar-refractivity contribution in [1.82, 2.24) is 15.1 Å². The second kappa shape index (κ2) is 8.64. The van der Waals surface area contributed by atoms with Crippen LogP contribution in [-0.2, 0) is 18.6 Å². The van der Waals surface area contributed by atoms with E-state index in [1.165, 1.54) is 40.6 Å². The Morgan fingerprint density at radius 2 is 2.03 bits per heavy atom. The molecular weight excluding hydrogens is 428 g/mol. The van der Waals surface area contributed by atoms with Crippen molar-refractivity contribution in [1.29, 1.82) is 0 Å². The van der Waals surface area contributed by atoms with Gasteiger partial charge >= 0.3 is 0 Å². The number of nitrogens with one attached hydrogen (secondary N) is 1. The van der Waals surface area contributed by atoms with Gasteiger partial charge in [-0.15, -0.1) is 23.1 Å². The van der Waals surface area contributed by atoms with Crippen LogP contribution in [0.15, 0.2) is 57.3 Å². The van der Waals surface area contributed by atoms with Crippen LogP contribution in [0.25, 0.3) is 11.3 Å². The van der Waals surface area contributed by atoms with Gasteiger partial charge in [-0.1, -0.05) is 29.4 Å². The minimum atomic E-state index is -0.181. The molecule has 31 heavy (non-hydrogen) atoms. The van der Waals surface area contributed by atoms with Gasteiger partial charge in [-0.05, 0) is 55.5 Å². The molecule has 0 spiro atoms. The monoisotopic (exact) mass is 448 g/mol. The number of carbonyl (C=O) groups excluding carboxylic acids is 1. The van der Waals surface area contributed by atoms with Gasteiger partial charge in [-0.3, -0.25) is 10.1 Å². The van der Waals surface area contributed by atoms with Crippen LogP contribution >= 0.6 is 23.1 Å². The lowest BCUT2D eigenvalue weighted by atomic mass is 10.1. The van der Waals surface area contributed by atoms with Crippen molar-refractivity contribution in [2.45, 2.75) is 36.8 Å². The number of anilines is 1. The van der Waals surface area contributed by atoms with E-state index in [-0.39, 0.29) is 5.91 Å². The van der Waals surface area contributed by atoms with E-state index in [1.807, 2.05) is 29.6 Å². The normalized spacial score (nSPS) is 12.7. The Labute approximate surface area is 188 Å². The Balaban J connectivity index is 1.30. The largest absolute Gasteiger partial charge is 0.338 e. The van der Waals surface area contributed by atoms with Crippen molar-refractivity contribution in [3.63, 3.8) is 0 Å². The van der Waals surface area contributed by atoms with Gasteiger partial charge in [0.2, 0.25) is 5.89 Å². The summed E-state index contributed by atoms with van der Waals surface area (Å²) in [5.74, 6) is 1.46. The van der Waals surface area contributed by atoms with Crippen LogP contribution < -0.4 is 5.32 Å². The predicted octanol–water partition coefficient (Wildman–Crippen LogP) is 5.53. The SMILES string of the molecule is Cc1noc(CSc2ccccc2C(=O)Nc2nc(-c3ccc4c(c3)CCC4)cs2)n1. The molecule has 8 heteroatoms. The molecule has 2 aromatic heterocycles. The average molecular weight is 449 g/mol. The molecule has 1 amide bonds. The number of amides is 1. The number of thiazole rings is 1. The van der Waals surface area contributed by atoms with Crippen molar-refractivity contribution in [3.8, 4) is 11.3 Å². The molecule has 2 aromatic carbocycles. The van der Waals surface area contributed by atoms with E-state index in [0.29, 0.717) is 28.2 Å². The molecule has 6 nitrogen and oxygen atoms in total. The summed E-state index contributed by atoms with van der Waals surface area (Å²) < 4.78 is 5.16. The fourth-order valence-corrected chi connectivity index (χ4v) is 5.28. The summed E-state index contributed by atoms with van der Waals surface area (Å²) in [4.78, 5) is 22.7. The molecule has 0 radical (unpaired) electrons. The minimum absolute atomic E-state index is 0.181. The lowest BCUT2D eigenvalue weighted by Gasteiger charge is -2.07. The number of carbonyl (C=O) groups is 1. The Morgan fingerprint density at radius 3 is 2.90 bits per heavy atom. The number of benzene rings is 2. The van der Waals surface area contributed by atoms with Gasteiger partial charge in [0.05, 0.1) is 17.0 Å². The van der Waals surface area contributed by atoms with E-state index < -0.39 is 0 Å². The number of rotatable bonds is 6. The summed E-state index contributed by atoms with van der Waals surface area (Å²) >= 11 is 2.93. The molecule has 0 saturated carbocycles. The molecule has 0 unspecified atom stereocenters. The highest BCUT2D eigenvalue weighted by molar-refractivity contribution is 7.98. The van der Waals surface area contributed by atoms with Crippen LogP contribution in [0.3, 0.4) is 0 Å². The molecule has 5 rings (SSSR count). The second-order valence-electron chi connectivity index (χ2n) is 7.35. The number of fused-ring (bicyclic) bond motifs is 1. The molecule has 0 bridgehead atoms. The third kappa shape index (κ3) is 4.40. The van der Waals surface area contributed by atoms with Crippen molar-refractivity contribution < 1.29 is 9.32 Å². The summed E-state index contributed by atoms with van der Waals surface area (Å²) in [5, 5.41) is 9.33. The van der Waals surface area contributed by atoms with E-state index >= 15 is 0 Å². The zero-order valence-electron chi connectivity index (χ0n) is 16.9. The predicted molar refractivity (Wildman–Crippen MR) is 123 cm³/mol. The summed E-state index contributed by atoms with van der Waals surface area (Å²) in [6, 6.07) is 14.0. The van der Waals surface area contributed by atoms with Gasteiger partial charge in [0.15, 0.2) is 11.0 Å². The average Bonchev–Trinajstić information content (AvgIpc) is 3.53. The van der Waals surface area contributed by atoms with Crippen LogP contribution in [-0.4, -0.2) is 21.0 Å². The van der Waals surface area contributed by atoms with E-state index in [9.17, 15) is 4.79 Å². The molecule has 156 valence electrons. The maximum Gasteiger partial charge on any atom is 0.258 e. The number of aryl methyl sites for hydroxylation is 3. The summed E-state index contributed by atoms with van der Waals surface area (Å²) in [7, 11) is 0. The Morgan fingerprint density at radius 1 is 1.16 bits per heavy atom. The molecule has 0 saturated heterocycles. The second-order valence-corrected chi connectivity index (χ2v) is 9.22. The van der Waals surface area contributed by atoms with Crippen LogP contribution in [0.1, 0.15) is 39.6 Å². The van der Waals surface area contributed by atoms with E-state index in [0.717, 1.165) is 29.0 Å². The molecule has 0 aliphatic heterocycles. The van der Waals surface area contributed by atoms with Gasteiger partial charge in [-0.2, -0.15) is 4.98 Å². The smallest absolute Gasteiger partial charge is 0.258 e. The summed E-state index contributed by atoms with van der Waals surface area (Å²) in [6.45, 7) is 1.78. The van der Waals surface area contributed by atoms with Crippen LogP contribution in [0.5, 0.6) is 0 Å². The van der Waals surface area contributed by atoms with Gasteiger partial charge in [0.25, 0.3) is 5.91 Å². The number of nitrogens with zero attached hydrogens (tertiary/aromatic N) is 3. The molecule has 0 fully saturated rings. The van der Waals surface area contributed by atoms with Gasteiger partial charge in [-0.25, -0.2) is 4.98 Å². The first kappa shape index (κ1) is 20.0. The number of hydrogen-bond donors (Lipinski definition) is 1. The fraction of sp³-hybridized carbons (Fsp3) is 0.217. The lowest BCUT2D eigenvalue weighted by molar-refractivity contribution is 0.102. The molecule has 0 atom stereocenters. The zero-order valence-corrected chi connectivity index (χ0v) is 18.6. The molecule has 1 N–H and O–H groups in total. The molecule has 4 aromatic rings. The standard InChI is InChI=1S/C23H20N4O2S2/c1-14-24-21(29-27-14)13-30-20-8-3-2-7-18(20)22(28)26-23-25-19(12-31-23)17-10-9-15-5-4-6-16(15)11-17/h2-3,7-12H,4-6,13H2,1H3,(H,25,26,28). The Kier molecular flexibility index (Phi) is 5.57. The van der Waals surface area contributed by atoms with Crippen molar-refractivity contribution in [2.75, 3.05) is 5.32 Å². The molecule has 1 aliphatic rings. The van der Waals surface area contributed by atoms with Crippen LogP contribution in [0, 0.1) is 6.92 Å². The number of aromatic nitrogens is 3. The van der Waals surface area contributed by atoms with Crippen LogP contribution in [0.4, 0.5) is 5.13 Å².